The number of rotatable bonds is 5. The molecule has 1 heterocycles. The standard InChI is InChI=1S/C17H14N2O3S/c18-8-14-13-2-1-3-15(13)23-17(14)19-16(21)10-22-12-6-4-11(9-20)5-7-12/h4-7,9H,1-3,10H2,(H,19,21). The van der Waals surface area contributed by atoms with Gasteiger partial charge in [0.1, 0.15) is 23.1 Å². The molecule has 5 nitrogen and oxygen atoms in total. The van der Waals surface area contributed by atoms with Crippen molar-refractivity contribution in [1.82, 2.24) is 0 Å². The second kappa shape index (κ2) is 6.63. The molecule has 1 N–H and O–H groups in total. The summed E-state index contributed by atoms with van der Waals surface area (Å²) in [5.41, 5.74) is 2.22. The largest absolute Gasteiger partial charge is 0.484 e. The van der Waals surface area contributed by atoms with Crippen molar-refractivity contribution in [1.29, 1.82) is 5.26 Å². The summed E-state index contributed by atoms with van der Waals surface area (Å²) in [4.78, 5) is 23.8. The Balaban J connectivity index is 1.61. The van der Waals surface area contributed by atoms with Gasteiger partial charge in [0.2, 0.25) is 0 Å². The molecule has 2 aromatic rings. The van der Waals surface area contributed by atoms with Crippen LogP contribution >= 0.6 is 11.3 Å². The number of amides is 1. The van der Waals surface area contributed by atoms with Crippen molar-refractivity contribution in [3.8, 4) is 11.8 Å². The van der Waals surface area contributed by atoms with E-state index in [-0.39, 0.29) is 12.5 Å². The number of thiophene rings is 1. The summed E-state index contributed by atoms with van der Waals surface area (Å²) < 4.78 is 5.38. The van der Waals surface area contributed by atoms with E-state index in [0.29, 0.717) is 21.9 Å². The molecule has 0 spiro atoms. The van der Waals surface area contributed by atoms with Gasteiger partial charge in [0.25, 0.3) is 5.91 Å². The summed E-state index contributed by atoms with van der Waals surface area (Å²) in [5.74, 6) is 0.209. The molecule has 1 aliphatic carbocycles. The van der Waals surface area contributed by atoms with Gasteiger partial charge < -0.3 is 10.1 Å². The molecule has 23 heavy (non-hydrogen) atoms. The second-order valence-corrected chi connectivity index (χ2v) is 6.30. The van der Waals surface area contributed by atoms with E-state index in [0.717, 1.165) is 31.1 Å². The van der Waals surface area contributed by atoms with Crippen molar-refractivity contribution in [3.63, 3.8) is 0 Å². The minimum Gasteiger partial charge on any atom is -0.484 e. The second-order valence-electron chi connectivity index (χ2n) is 5.20. The number of carbonyl (C=O) groups is 2. The van der Waals surface area contributed by atoms with Crippen molar-refractivity contribution in [3.05, 3.63) is 45.8 Å². The lowest BCUT2D eigenvalue weighted by molar-refractivity contribution is -0.118. The average molecular weight is 326 g/mol. The molecule has 0 bridgehead atoms. The lowest BCUT2D eigenvalue weighted by Gasteiger charge is -2.07. The SMILES string of the molecule is N#Cc1c(NC(=O)COc2ccc(C=O)cc2)sc2c1CCC2. The van der Waals surface area contributed by atoms with Gasteiger partial charge in [-0.3, -0.25) is 9.59 Å². The van der Waals surface area contributed by atoms with Crippen molar-refractivity contribution in [2.75, 3.05) is 11.9 Å². The van der Waals surface area contributed by atoms with Gasteiger partial charge in [-0.1, -0.05) is 0 Å². The number of nitriles is 1. The smallest absolute Gasteiger partial charge is 0.262 e. The molecule has 0 saturated heterocycles. The van der Waals surface area contributed by atoms with Crippen molar-refractivity contribution < 1.29 is 14.3 Å². The number of hydrogen-bond donors (Lipinski definition) is 1. The topological polar surface area (TPSA) is 79.2 Å². The predicted molar refractivity (Wildman–Crippen MR) is 87.0 cm³/mol. The summed E-state index contributed by atoms with van der Waals surface area (Å²) in [6.07, 6.45) is 3.70. The molecule has 0 aliphatic heterocycles. The number of aryl methyl sites for hydroxylation is 1. The molecular formula is C17H14N2O3S. The van der Waals surface area contributed by atoms with Crippen LogP contribution in [0.4, 0.5) is 5.00 Å². The van der Waals surface area contributed by atoms with E-state index in [2.05, 4.69) is 11.4 Å². The van der Waals surface area contributed by atoms with Crippen LogP contribution in [0.2, 0.25) is 0 Å². The number of hydrogen-bond acceptors (Lipinski definition) is 5. The van der Waals surface area contributed by atoms with Gasteiger partial charge in [0.15, 0.2) is 6.61 Å². The highest BCUT2D eigenvalue weighted by Gasteiger charge is 2.23. The molecule has 0 fully saturated rings. The Morgan fingerprint density at radius 3 is 2.83 bits per heavy atom. The first-order valence-corrected chi connectivity index (χ1v) is 8.05. The number of nitrogens with zero attached hydrogens (tertiary/aromatic N) is 1. The lowest BCUT2D eigenvalue weighted by atomic mass is 10.1. The third-order valence-corrected chi connectivity index (χ3v) is 4.88. The van der Waals surface area contributed by atoms with Crippen LogP contribution in [0.15, 0.2) is 24.3 Å². The van der Waals surface area contributed by atoms with Crippen LogP contribution in [0, 0.1) is 11.3 Å². The number of carbonyl (C=O) groups excluding carboxylic acids is 2. The first-order valence-electron chi connectivity index (χ1n) is 7.24. The fraction of sp³-hybridized carbons (Fsp3) is 0.235. The lowest BCUT2D eigenvalue weighted by Crippen LogP contribution is -2.20. The summed E-state index contributed by atoms with van der Waals surface area (Å²) in [6, 6.07) is 8.71. The van der Waals surface area contributed by atoms with Gasteiger partial charge in [-0.2, -0.15) is 5.26 Å². The maximum absolute atomic E-state index is 12.0. The highest BCUT2D eigenvalue weighted by molar-refractivity contribution is 7.16. The molecule has 1 aliphatic rings. The molecule has 1 aromatic heterocycles. The first kappa shape index (κ1) is 15.3. The number of fused-ring (bicyclic) bond motifs is 1. The van der Waals surface area contributed by atoms with Gasteiger partial charge >= 0.3 is 0 Å². The van der Waals surface area contributed by atoms with Crippen LogP contribution in [0.5, 0.6) is 5.75 Å². The number of ether oxygens (including phenoxy) is 1. The van der Waals surface area contributed by atoms with Crippen molar-refractivity contribution >= 4 is 28.5 Å². The van der Waals surface area contributed by atoms with Crippen LogP contribution in [0.25, 0.3) is 0 Å². The zero-order chi connectivity index (χ0) is 16.2. The van der Waals surface area contributed by atoms with E-state index in [1.165, 1.54) is 16.2 Å². The van der Waals surface area contributed by atoms with Gasteiger partial charge in [-0.05, 0) is 49.1 Å². The molecule has 1 amide bonds. The zero-order valence-electron chi connectivity index (χ0n) is 12.3. The van der Waals surface area contributed by atoms with Crippen LogP contribution in [0.1, 0.15) is 32.8 Å². The van der Waals surface area contributed by atoms with Gasteiger partial charge in [0, 0.05) is 10.4 Å². The molecule has 116 valence electrons. The molecule has 0 radical (unpaired) electrons. The highest BCUT2D eigenvalue weighted by atomic mass is 32.1. The molecule has 0 saturated carbocycles. The third-order valence-electron chi connectivity index (χ3n) is 3.67. The van der Waals surface area contributed by atoms with Gasteiger partial charge in [-0.25, -0.2) is 0 Å². The zero-order valence-corrected chi connectivity index (χ0v) is 13.1. The van der Waals surface area contributed by atoms with E-state index >= 15 is 0 Å². The monoisotopic (exact) mass is 326 g/mol. The minimum atomic E-state index is -0.305. The number of anilines is 1. The normalized spacial score (nSPS) is 12.3. The van der Waals surface area contributed by atoms with Crippen LogP contribution < -0.4 is 10.1 Å². The maximum Gasteiger partial charge on any atom is 0.262 e. The fourth-order valence-electron chi connectivity index (χ4n) is 2.56. The molecule has 0 atom stereocenters. The van der Waals surface area contributed by atoms with Gasteiger partial charge in [0.05, 0.1) is 5.56 Å². The quantitative estimate of drug-likeness (QED) is 0.857. The molecule has 6 heteroatoms. The number of nitrogens with one attached hydrogen (secondary N) is 1. The van der Waals surface area contributed by atoms with Crippen molar-refractivity contribution in [2.24, 2.45) is 0 Å². The average Bonchev–Trinajstić information content (AvgIpc) is 3.14. The first-order chi connectivity index (χ1) is 11.2. The summed E-state index contributed by atoms with van der Waals surface area (Å²) >= 11 is 1.48. The summed E-state index contributed by atoms with van der Waals surface area (Å²) in [5, 5.41) is 12.7. The van der Waals surface area contributed by atoms with Crippen LogP contribution in [0.3, 0.4) is 0 Å². The Hall–Kier alpha value is -2.65. The van der Waals surface area contributed by atoms with E-state index in [9.17, 15) is 14.9 Å². The number of aldehydes is 1. The molecular weight excluding hydrogens is 312 g/mol. The van der Waals surface area contributed by atoms with Crippen LogP contribution in [-0.4, -0.2) is 18.8 Å². The van der Waals surface area contributed by atoms with Crippen LogP contribution in [-0.2, 0) is 17.6 Å². The molecule has 1 aromatic carbocycles. The predicted octanol–water partition coefficient (Wildman–Crippen LogP) is 2.94. The van der Waals surface area contributed by atoms with E-state index in [1.807, 2.05) is 0 Å². The Morgan fingerprint density at radius 1 is 1.35 bits per heavy atom. The summed E-state index contributed by atoms with van der Waals surface area (Å²) in [6.45, 7) is -0.145. The van der Waals surface area contributed by atoms with Gasteiger partial charge in [-0.15, -0.1) is 11.3 Å². The Bertz CT molecular complexity index is 787. The Labute approximate surface area is 137 Å². The van der Waals surface area contributed by atoms with E-state index in [1.54, 1.807) is 24.3 Å². The van der Waals surface area contributed by atoms with E-state index in [4.69, 9.17) is 4.74 Å². The minimum absolute atomic E-state index is 0.145. The fourth-order valence-corrected chi connectivity index (χ4v) is 3.82. The maximum atomic E-state index is 12.0. The Morgan fingerprint density at radius 2 is 2.13 bits per heavy atom. The van der Waals surface area contributed by atoms with E-state index < -0.39 is 0 Å². The molecule has 0 unspecified atom stereocenters. The van der Waals surface area contributed by atoms with Crippen molar-refractivity contribution in [2.45, 2.75) is 19.3 Å². The molecule has 3 rings (SSSR count). The highest BCUT2D eigenvalue weighted by Crippen LogP contribution is 2.38. The summed E-state index contributed by atoms with van der Waals surface area (Å²) in [7, 11) is 0. The number of benzene rings is 1. The Kier molecular flexibility index (Phi) is 4.40. The third kappa shape index (κ3) is 3.25.